The smallest absolute Gasteiger partial charge is 0.336 e. The summed E-state index contributed by atoms with van der Waals surface area (Å²) in [7, 11) is 0. The van der Waals surface area contributed by atoms with E-state index in [1.165, 1.54) is 6.07 Å². The van der Waals surface area contributed by atoms with Crippen molar-refractivity contribution in [3.8, 4) is 11.5 Å². The molecule has 3 rings (SSSR count). The number of fused-ring (bicyclic) bond motifs is 1. The number of anilines is 1. The highest BCUT2D eigenvalue weighted by Gasteiger charge is 2.08. The molecule has 0 spiro atoms. The lowest BCUT2D eigenvalue weighted by Gasteiger charge is -2.11. The van der Waals surface area contributed by atoms with Gasteiger partial charge in [-0.15, -0.1) is 0 Å². The topological polar surface area (TPSA) is 77.8 Å². The summed E-state index contributed by atoms with van der Waals surface area (Å²) in [6.45, 7) is 4.74. The maximum Gasteiger partial charge on any atom is 0.336 e. The Morgan fingerprint density at radius 2 is 1.82 bits per heavy atom. The standard InChI is InChI=1S/C22H23NO5/c1-3-26-18-7-4-5-8-19(18)27-12-6-9-21(24)23-16-10-11-17-15(2)13-22(25)28-20(17)14-16/h4-5,7-8,10-11,13-14H,3,6,9,12H2,1-2H3,(H,23,24). The van der Waals surface area contributed by atoms with Crippen molar-refractivity contribution in [2.24, 2.45) is 0 Å². The molecule has 0 aliphatic heterocycles. The van der Waals surface area contributed by atoms with Gasteiger partial charge in [-0.3, -0.25) is 4.79 Å². The zero-order chi connectivity index (χ0) is 19.9. The third kappa shape index (κ3) is 4.91. The van der Waals surface area contributed by atoms with E-state index in [4.69, 9.17) is 13.9 Å². The van der Waals surface area contributed by atoms with Crippen LogP contribution in [-0.4, -0.2) is 19.1 Å². The van der Waals surface area contributed by atoms with Crippen LogP contribution >= 0.6 is 0 Å². The van der Waals surface area contributed by atoms with Crippen molar-refractivity contribution in [1.82, 2.24) is 0 Å². The Labute approximate surface area is 163 Å². The van der Waals surface area contributed by atoms with Crippen molar-refractivity contribution >= 4 is 22.6 Å². The molecule has 0 saturated carbocycles. The minimum absolute atomic E-state index is 0.129. The van der Waals surface area contributed by atoms with E-state index >= 15 is 0 Å². The summed E-state index contributed by atoms with van der Waals surface area (Å²) >= 11 is 0. The van der Waals surface area contributed by atoms with Crippen LogP contribution in [0.1, 0.15) is 25.3 Å². The van der Waals surface area contributed by atoms with Crippen molar-refractivity contribution in [3.05, 3.63) is 64.5 Å². The molecular formula is C22H23NO5. The number of amides is 1. The number of carbonyl (C=O) groups is 1. The van der Waals surface area contributed by atoms with E-state index < -0.39 is 5.63 Å². The highest BCUT2D eigenvalue weighted by Crippen LogP contribution is 2.26. The predicted molar refractivity (Wildman–Crippen MR) is 108 cm³/mol. The van der Waals surface area contributed by atoms with Crippen LogP contribution in [0.3, 0.4) is 0 Å². The summed E-state index contributed by atoms with van der Waals surface area (Å²) in [6, 6.07) is 14.2. The van der Waals surface area contributed by atoms with E-state index in [1.54, 1.807) is 12.1 Å². The third-order valence-corrected chi connectivity index (χ3v) is 4.19. The zero-order valence-electron chi connectivity index (χ0n) is 16.0. The lowest BCUT2D eigenvalue weighted by atomic mass is 10.1. The molecule has 0 bridgehead atoms. The molecular weight excluding hydrogens is 358 g/mol. The quantitative estimate of drug-likeness (QED) is 0.465. The maximum atomic E-state index is 12.2. The second kappa shape index (κ2) is 9.08. The first-order valence-electron chi connectivity index (χ1n) is 9.26. The summed E-state index contributed by atoms with van der Waals surface area (Å²) in [4.78, 5) is 23.7. The van der Waals surface area contributed by atoms with Crippen LogP contribution in [0.25, 0.3) is 11.0 Å². The molecule has 0 atom stereocenters. The Balaban J connectivity index is 1.52. The number of benzene rings is 2. The van der Waals surface area contributed by atoms with Gasteiger partial charge in [-0.25, -0.2) is 4.79 Å². The monoisotopic (exact) mass is 381 g/mol. The van der Waals surface area contributed by atoms with Gasteiger partial charge in [0.25, 0.3) is 0 Å². The largest absolute Gasteiger partial charge is 0.490 e. The Morgan fingerprint density at radius 3 is 2.57 bits per heavy atom. The van der Waals surface area contributed by atoms with E-state index in [9.17, 15) is 9.59 Å². The second-order valence-electron chi connectivity index (χ2n) is 6.34. The van der Waals surface area contributed by atoms with E-state index in [1.807, 2.05) is 44.2 Å². The minimum Gasteiger partial charge on any atom is -0.490 e. The molecule has 1 N–H and O–H groups in total. The first kappa shape index (κ1) is 19.5. The number of hydrogen-bond donors (Lipinski definition) is 1. The van der Waals surface area contributed by atoms with Crippen LogP contribution in [0.2, 0.25) is 0 Å². The van der Waals surface area contributed by atoms with Gasteiger partial charge in [0.15, 0.2) is 11.5 Å². The fourth-order valence-electron chi connectivity index (χ4n) is 2.89. The number of rotatable bonds is 8. The van der Waals surface area contributed by atoms with Crippen molar-refractivity contribution < 1.29 is 18.7 Å². The number of aryl methyl sites for hydroxylation is 1. The summed E-state index contributed by atoms with van der Waals surface area (Å²) in [6.07, 6.45) is 0.876. The summed E-state index contributed by atoms with van der Waals surface area (Å²) in [5.41, 5.74) is 1.49. The van der Waals surface area contributed by atoms with Gasteiger partial charge >= 0.3 is 5.63 Å². The van der Waals surface area contributed by atoms with Crippen LogP contribution in [-0.2, 0) is 4.79 Å². The Kier molecular flexibility index (Phi) is 6.32. The summed E-state index contributed by atoms with van der Waals surface area (Å²) in [5.74, 6) is 1.24. The first-order chi connectivity index (χ1) is 13.6. The number of hydrogen-bond acceptors (Lipinski definition) is 5. The number of carbonyl (C=O) groups excluding carboxylic acids is 1. The minimum atomic E-state index is -0.405. The SMILES string of the molecule is CCOc1ccccc1OCCCC(=O)Nc1ccc2c(C)cc(=O)oc2c1. The molecule has 1 aromatic heterocycles. The predicted octanol–water partition coefficient (Wildman–Crippen LogP) is 4.30. The average molecular weight is 381 g/mol. The molecule has 6 nitrogen and oxygen atoms in total. The van der Waals surface area contributed by atoms with Crippen molar-refractivity contribution in [2.75, 3.05) is 18.5 Å². The molecule has 6 heteroatoms. The fraction of sp³-hybridized carbons (Fsp3) is 0.273. The third-order valence-electron chi connectivity index (χ3n) is 4.19. The maximum absolute atomic E-state index is 12.2. The van der Waals surface area contributed by atoms with Gasteiger partial charge in [0.2, 0.25) is 5.91 Å². The molecule has 0 radical (unpaired) electrons. The molecule has 1 heterocycles. The molecule has 0 aliphatic carbocycles. The first-order valence-corrected chi connectivity index (χ1v) is 9.26. The van der Waals surface area contributed by atoms with Gasteiger partial charge in [0, 0.05) is 29.6 Å². The van der Waals surface area contributed by atoms with Crippen LogP contribution in [0.4, 0.5) is 5.69 Å². The van der Waals surface area contributed by atoms with E-state index in [0.717, 1.165) is 10.9 Å². The molecule has 2 aromatic carbocycles. The Bertz CT molecular complexity index is 1020. The van der Waals surface area contributed by atoms with Crippen LogP contribution in [0.15, 0.2) is 57.7 Å². The van der Waals surface area contributed by atoms with Crippen molar-refractivity contribution in [3.63, 3.8) is 0 Å². The Morgan fingerprint density at radius 1 is 1.07 bits per heavy atom. The molecule has 1 amide bonds. The van der Waals surface area contributed by atoms with Gasteiger partial charge in [-0.1, -0.05) is 12.1 Å². The normalized spacial score (nSPS) is 10.6. The van der Waals surface area contributed by atoms with Gasteiger partial charge in [-0.05, 0) is 50.1 Å². The lowest BCUT2D eigenvalue weighted by molar-refractivity contribution is -0.116. The van der Waals surface area contributed by atoms with Crippen LogP contribution in [0, 0.1) is 6.92 Å². The molecule has 0 saturated heterocycles. The van der Waals surface area contributed by atoms with E-state index in [-0.39, 0.29) is 5.91 Å². The van der Waals surface area contributed by atoms with Gasteiger partial charge in [-0.2, -0.15) is 0 Å². The highest BCUT2D eigenvalue weighted by atomic mass is 16.5. The van der Waals surface area contributed by atoms with Crippen molar-refractivity contribution in [1.29, 1.82) is 0 Å². The summed E-state index contributed by atoms with van der Waals surface area (Å²) in [5, 5.41) is 3.67. The zero-order valence-corrected chi connectivity index (χ0v) is 16.0. The van der Waals surface area contributed by atoms with Crippen LogP contribution in [0.5, 0.6) is 11.5 Å². The molecule has 0 aliphatic rings. The van der Waals surface area contributed by atoms with E-state index in [0.29, 0.717) is 48.8 Å². The number of nitrogens with one attached hydrogen (secondary N) is 1. The summed E-state index contributed by atoms with van der Waals surface area (Å²) < 4.78 is 16.4. The lowest BCUT2D eigenvalue weighted by Crippen LogP contribution is -2.13. The van der Waals surface area contributed by atoms with Gasteiger partial charge in [0.05, 0.1) is 13.2 Å². The number of ether oxygens (including phenoxy) is 2. The molecule has 0 unspecified atom stereocenters. The molecule has 146 valence electrons. The molecule has 3 aromatic rings. The second-order valence-corrected chi connectivity index (χ2v) is 6.34. The fourth-order valence-corrected chi connectivity index (χ4v) is 2.89. The number of para-hydroxylation sites is 2. The van der Waals surface area contributed by atoms with Crippen LogP contribution < -0.4 is 20.4 Å². The average Bonchev–Trinajstić information content (AvgIpc) is 2.66. The van der Waals surface area contributed by atoms with Gasteiger partial charge in [0.1, 0.15) is 5.58 Å². The van der Waals surface area contributed by atoms with Gasteiger partial charge < -0.3 is 19.2 Å². The molecule has 0 fully saturated rings. The van der Waals surface area contributed by atoms with Crippen molar-refractivity contribution in [2.45, 2.75) is 26.7 Å². The van der Waals surface area contributed by atoms with E-state index in [2.05, 4.69) is 5.32 Å². The highest BCUT2D eigenvalue weighted by molar-refractivity contribution is 5.93. The molecule has 28 heavy (non-hydrogen) atoms. The Hall–Kier alpha value is -3.28.